The van der Waals surface area contributed by atoms with Crippen LogP contribution in [0.3, 0.4) is 0 Å². The largest absolute Gasteiger partial charge is 0.290 e. The van der Waals surface area contributed by atoms with Crippen molar-refractivity contribution in [3.05, 3.63) is 77.5 Å². The Balaban J connectivity index is 1.63. The third-order valence-electron chi connectivity index (χ3n) is 5.13. The summed E-state index contributed by atoms with van der Waals surface area (Å²) in [5, 5.41) is 0. The number of carbonyl (C=O) groups excluding carboxylic acids is 1. The molecule has 0 atom stereocenters. The van der Waals surface area contributed by atoms with Crippen molar-refractivity contribution in [3.63, 3.8) is 0 Å². The van der Waals surface area contributed by atoms with Crippen LogP contribution >= 0.6 is 0 Å². The number of ketones is 1. The van der Waals surface area contributed by atoms with Gasteiger partial charge in [-0.1, -0.05) is 31.2 Å². The summed E-state index contributed by atoms with van der Waals surface area (Å²) in [6, 6.07) is 14.4. The van der Waals surface area contributed by atoms with Crippen molar-refractivity contribution < 1.29 is 13.8 Å². The average Bonchev–Trinajstić information content (AvgIpc) is 3.26. The van der Waals surface area contributed by atoms with Crippen LogP contribution in [0.5, 0.6) is 0 Å². The Bertz CT molecular complexity index is 940. The third kappa shape index (κ3) is 3.07. The number of fused-ring (bicyclic) bond motifs is 1. The highest BCUT2D eigenvalue weighted by molar-refractivity contribution is 5.95. The minimum absolute atomic E-state index is 0.114. The van der Waals surface area contributed by atoms with Crippen molar-refractivity contribution in [2.45, 2.75) is 39.3 Å². The number of benzene rings is 2. The summed E-state index contributed by atoms with van der Waals surface area (Å²) in [4.78, 5) is 12.7. The molecule has 2 aromatic carbocycles. The monoisotopic (exact) mass is 349 g/mol. The zero-order valence-electron chi connectivity index (χ0n) is 14.9. The molecule has 0 radical (unpaired) electrons. The lowest BCUT2D eigenvalue weighted by atomic mass is 10.1. The molecule has 1 aliphatic heterocycles. The predicted molar refractivity (Wildman–Crippen MR) is 98.5 cm³/mol. The van der Waals surface area contributed by atoms with Gasteiger partial charge in [0.2, 0.25) is 5.78 Å². The van der Waals surface area contributed by atoms with Crippen molar-refractivity contribution in [1.82, 2.24) is 4.57 Å². The lowest BCUT2D eigenvalue weighted by Crippen LogP contribution is -2.40. The second-order valence-electron chi connectivity index (χ2n) is 6.79. The van der Waals surface area contributed by atoms with Crippen molar-refractivity contribution >= 4 is 5.78 Å². The molecular formula is C22H22FN2O+. The van der Waals surface area contributed by atoms with Gasteiger partial charge in [-0.15, -0.1) is 0 Å². The van der Waals surface area contributed by atoms with Gasteiger partial charge in [-0.05, 0) is 42.7 Å². The SMILES string of the molecule is CCc1ccc(C(=O)C[n+]2cc(-c3ccc(F)cc3)n3c2CCC3)cc1. The highest BCUT2D eigenvalue weighted by Crippen LogP contribution is 2.25. The molecule has 2 heterocycles. The third-order valence-corrected chi connectivity index (χ3v) is 5.13. The van der Waals surface area contributed by atoms with Crippen LogP contribution < -0.4 is 4.57 Å². The maximum absolute atomic E-state index is 13.2. The van der Waals surface area contributed by atoms with Gasteiger partial charge in [0.15, 0.2) is 12.2 Å². The minimum atomic E-state index is -0.236. The molecule has 1 aliphatic rings. The Kier molecular flexibility index (Phi) is 4.41. The summed E-state index contributed by atoms with van der Waals surface area (Å²) >= 11 is 0. The van der Waals surface area contributed by atoms with E-state index in [9.17, 15) is 9.18 Å². The average molecular weight is 349 g/mol. The fraction of sp³-hybridized carbons (Fsp3) is 0.273. The molecule has 4 rings (SSSR count). The molecule has 0 bridgehead atoms. The fourth-order valence-electron chi connectivity index (χ4n) is 3.67. The number of aromatic nitrogens is 2. The van der Waals surface area contributed by atoms with E-state index in [2.05, 4.69) is 16.1 Å². The van der Waals surface area contributed by atoms with Gasteiger partial charge >= 0.3 is 0 Å². The molecule has 0 aliphatic carbocycles. The standard InChI is InChI=1S/C22H22FN2O/c1-2-16-5-7-18(8-6-16)21(26)15-24-14-20(25-13-3-4-22(24)25)17-9-11-19(23)12-10-17/h5-12,14H,2-4,13,15H2,1H3/q+1. The minimum Gasteiger partial charge on any atom is -0.290 e. The maximum Gasteiger partial charge on any atom is 0.257 e. The second-order valence-corrected chi connectivity index (χ2v) is 6.79. The first-order chi connectivity index (χ1) is 12.7. The van der Waals surface area contributed by atoms with Crippen LogP contribution in [0.4, 0.5) is 4.39 Å². The summed E-state index contributed by atoms with van der Waals surface area (Å²) in [6.45, 7) is 3.38. The zero-order valence-corrected chi connectivity index (χ0v) is 14.9. The number of hydrogen-bond acceptors (Lipinski definition) is 1. The molecule has 0 saturated carbocycles. The van der Waals surface area contributed by atoms with E-state index in [4.69, 9.17) is 0 Å². The molecule has 4 heteroatoms. The molecule has 1 aromatic heterocycles. The van der Waals surface area contributed by atoms with Crippen LogP contribution in [-0.4, -0.2) is 10.4 Å². The fourth-order valence-corrected chi connectivity index (χ4v) is 3.67. The Morgan fingerprint density at radius 2 is 1.85 bits per heavy atom. The lowest BCUT2D eigenvalue weighted by Gasteiger charge is -2.02. The molecule has 3 aromatic rings. The quantitative estimate of drug-likeness (QED) is 0.505. The summed E-state index contributed by atoms with van der Waals surface area (Å²) in [5.74, 6) is 1.05. The number of rotatable bonds is 5. The number of Topliss-reactive ketones (excluding diaryl/α,β-unsaturated/α-hetero) is 1. The number of nitrogens with zero attached hydrogens (tertiary/aromatic N) is 2. The van der Waals surface area contributed by atoms with Gasteiger partial charge in [0.25, 0.3) is 5.82 Å². The van der Waals surface area contributed by atoms with Crippen LogP contribution in [0, 0.1) is 5.82 Å². The normalized spacial score (nSPS) is 13.0. The molecule has 3 nitrogen and oxygen atoms in total. The Morgan fingerprint density at radius 1 is 1.12 bits per heavy atom. The summed E-state index contributed by atoms with van der Waals surface area (Å²) in [5.41, 5.74) is 4.01. The smallest absolute Gasteiger partial charge is 0.257 e. The number of halogens is 1. The van der Waals surface area contributed by atoms with Gasteiger partial charge in [0.05, 0.1) is 13.0 Å². The highest BCUT2D eigenvalue weighted by Gasteiger charge is 2.29. The van der Waals surface area contributed by atoms with E-state index in [1.165, 1.54) is 23.5 Å². The van der Waals surface area contributed by atoms with Crippen molar-refractivity contribution in [1.29, 1.82) is 0 Å². The van der Waals surface area contributed by atoms with E-state index in [-0.39, 0.29) is 11.6 Å². The van der Waals surface area contributed by atoms with Gasteiger partial charge < -0.3 is 0 Å². The van der Waals surface area contributed by atoms with E-state index in [1.54, 1.807) is 12.1 Å². The highest BCUT2D eigenvalue weighted by atomic mass is 19.1. The first kappa shape index (κ1) is 16.7. The molecule has 0 spiro atoms. The van der Waals surface area contributed by atoms with E-state index >= 15 is 0 Å². The van der Waals surface area contributed by atoms with Crippen LogP contribution in [0.2, 0.25) is 0 Å². The Hall–Kier alpha value is -2.75. The van der Waals surface area contributed by atoms with Gasteiger partial charge in [-0.3, -0.25) is 4.79 Å². The van der Waals surface area contributed by atoms with Crippen LogP contribution in [0.25, 0.3) is 11.3 Å². The molecule has 0 amide bonds. The molecule has 0 unspecified atom stereocenters. The molecule has 26 heavy (non-hydrogen) atoms. The summed E-state index contributed by atoms with van der Waals surface area (Å²) < 4.78 is 17.5. The molecule has 132 valence electrons. The first-order valence-corrected chi connectivity index (χ1v) is 9.15. The van der Waals surface area contributed by atoms with Gasteiger partial charge in [0, 0.05) is 11.1 Å². The van der Waals surface area contributed by atoms with Gasteiger partial charge in [-0.2, -0.15) is 0 Å². The maximum atomic E-state index is 13.2. The Labute approximate surface area is 152 Å². The zero-order chi connectivity index (χ0) is 18.1. The van der Waals surface area contributed by atoms with Gasteiger partial charge in [0.1, 0.15) is 12.0 Å². The lowest BCUT2D eigenvalue weighted by molar-refractivity contribution is -0.689. The van der Waals surface area contributed by atoms with Crippen LogP contribution in [0.15, 0.2) is 54.7 Å². The van der Waals surface area contributed by atoms with E-state index in [0.29, 0.717) is 6.54 Å². The van der Waals surface area contributed by atoms with Crippen molar-refractivity contribution in [2.24, 2.45) is 0 Å². The van der Waals surface area contributed by atoms with Gasteiger partial charge in [-0.25, -0.2) is 13.5 Å². The van der Waals surface area contributed by atoms with Crippen LogP contribution in [0.1, 0.15) is 35.1 Å². The topological polar surface area (TPSA) is 25.9 Å². The molecule has 0 saturated heterocycles. The predicted octanol–water partition coefficient (Wildman–Crippen LogP) is 3.97. The van der Waals surface area contributed by atoms with E-state index in [1.807, 2.05) is 30.5 Å². The first-order valence-electron chi connectivity index (χ1n) is 9.15. The number of hydrogen-bond donors (Lipinski definition) is 0. The Morgan fingerprint density at radius 3 is 2.54 bits per heavy atom. The number of imidazole rings is 1. The van der Waals surface area contributed by atoms with Crippen molar-refractivity contribution in [3.8, 4) is 11.3 Å². The number of carbonyl (C=O) groups is 1. The number of aryl methyl sites for hydroxylation is 1. The molecule has 0 N–H and O–H groups in total. The molecular weight excluding hydrogens is 327 g/mol. The molecule has 0 fully saturated rings. The van der Waals surface area contributed by atoms with E-state index in [0.717, 1.165) is 42.6 Å². The summed E-state index contributed by atoms with van der Waals surface area (Å²) in [6.07, 6.45) is 5.03. The second kappa shape index (κ2) is 6.87. The van der Waals surface area contributed by atoms with Crippen LogP contribution in [-0.2, 0) is 25.9 Å². The van der Waals surface area contributed by atoms with E-state index < -0.39 is 0 Å². The van der Waals surface area contributed by atoms with Crippen molar-refractivity contribution in [2.75, 3.05) is 0 Å². The summed E-state index contributed by atoms with van der Waals surface area (Å²) in [7, 11) is 0.